The van der Waals surface area contributed by atoms with Gasteiger partial charge < -0.3 is 5.32 Å². The average Bonchev–Trinajstić information content (AvgIpc) is 2.55. The van der Waals surface area contributed by atoms with Gasteiger partial charge in [-0.3, -0.25) is 14.4 Å². The van der Waals surface area contributed by atoms with Crippen LogP contribution in [0, 0.1) is 0 Å². The third-order valence-electron chi connectivity index (χ3n) is 2.48. The van der Waals surface area contributed by atoms with E-state index in [1.807, 2.05) is 14.1 Å². The van der Waals surface area contributed by atoms with E-state index < -0.39 is 17.3 Å². The lowest BCUT2D eigenvalue weighted by molar-refractivity contribution is -0.111. The van der Waals surface area contributed by atoms with E-state index in [0.29, 0.717) is 0 Å². The van der Waals surface area contributed by atoms with Crippen molar-refractivity contribution in [3.63, 3.8) is 0 Å². The highest BCUT2D eigenvalue weighted by molar-refractivity contribution is 6.69. The molecule has 21 heavy (non-hydrogen) atoms. The van der Waals surface area contributed by atoms with E-state index in [0.717, 1.165) is 0 Å². The summed E-state index contributed by atoms with van der Waals surface area (Å²) in [6.45, 7) is 0. The van der Waals surface area contributed by atoms with E-state index in [1.165, 1.54) is 24.3 Å². The Morgan fingerprint density at radius 2 is 0.952 bits per heavy atom. The monoisotopic (exact) mass is 283 g/mol. The fourth-order valence-electron chi connectivity index (χ4n) is 1.54. The van der Waals surface area contributed by atoms with Crippen molar-refractivity contribution in [3.05, 3.63) is 71.8 Å². The molecule has 0 aliphatic rings. The van der Waals surface area contributed by atoms with E-state index in [2.05, 4.69) is 5.32 Å². The molecule has 108 valence electrons. The molecule has 0 radical (unpaired) electrons. The molecule has 0 aliphatic heterocycles. The number of Topliss-reactive ketones (excluding diaryl/α,β-unsaturated/α-hetero) is 3. The number of benzene rings is 2. The third kappa shape index (κ3) is 4.78. The van der Waals surface area contributed by atoms with Gasteiger partial charge in [0.05, 0.1) is 0 Å². The van der Waals surface area contributed by atoms with E-state index >= 15 is 0 Å². The Hall–Kier alpha value is -2.59. The molecule has 2 aromatic carbocycles. The van der Waals surface area contributed by atoms with Crippen LogP contribution in [0.5, 0.6) is 0 Å². The van der Waals surface area contributed by atoms with E-state index in [-0.39, 0.29) is 11.1 Å². The molecule has 0 atom stereocenters. The molecule has 2 rings (SSSR count). The molecule has 1 N–H and O–H groups in total. The molecular formula is C17H17NO3. The minimum Gasteiger partial charge on any atom is -0.323 e. The highest BCUT2D eigenvalue weighted by Gasteiger charge is 2.24. The Kier molecular flexibility index (Phi) is 6.71. The van der Waals surface area contributed by atoms with Gasteiger partial charge in [-0.25, -0.2) is 0 Å². The number of hydrogen-bond acceptors (Lipinski definition) is 4. The molecule has 0 amide bonds. The maximum Gasteiger partial charge on any atom is 0.273 e. The van der Waals surface area contributed by atoms with E-state index in [9.17, 15) is 14.4 Å². The molecule has 0 saturated carbocycles. The van der Waals surface area contributed by atoms with Crippen LogP contribution < -0.4 is 5.32 Å². The second kappa shape index (κ2) is 8.55. The zero-order chi connectivity index (χ0) is 15.7. The van der Waals surface area contributed by atoms with Crippen LogP contribution >= 0.6 is 0 Å². The summed E-state index contributed by atoms with van der Waals surface area (Å²) in [6.07, 6.45) is 0. The Bertz CT molecular complexity index is 553. The summed E-state index contributed by atoms with van der Waals surface area (Å²) < 4.78 is 0. The molecule has 0 saturated heterocycles. The topological polar surface area (TPSA) is 63.2 Å². The zero-order valence-electron chi connectivity index (χ0n) is 12.0. The highest BCUT2D eigenvalue weighted by atomic mass is 16.2. The summed E-state index contributed by atoms with van der Waals surface area (Å²) in [4.78, 5) is 35.3. The van der Waals surface area contributed by atoms with Crippen LogP contribution in [0.2, 0.25) is 0 Å². The highest BCUT2D eigenvalue weighted by Crippen LogP contribution is 2.06. The first-order valence-corrected chi connectivity index (χ1v) is 6.43. The first-order chi connectivity index (χ1) is 10.1. The first-order valence-electron chi connectivity index (χ1n) is 6.43. The van der Waals surface area contributed by atoms with Crippen molar-refractivity contribution in [2.45, 2.75) is 0 Å². The largest absolute Gasteiger partial charge is 0.323 e. The maximum absolute atomic E-state index is 11.8. The summed E-state index contributed by atoms with van der Waals surface area (Å²) in [5.74, 6) is -2.55. The second-order valence-corrected chi connectivity index (χ2v) is 4.22. The van der Waals surface area contributed by atoms with Gasteiger partial charge in [0.25, 0.3) is 5.78 Å². The first kappa shape index (κ1) is 16.5. The number of rotatable bonds is 4. The Balaban J connectivity index is 0.000000677. The summed E-state index contributed by atoms with van der Waals surface area (Å²) >= 11 is 0. The van der Waals surface area contributed by atoms with Crippen LogP contribution in [0.25, 0.3) is 0 Å². The maximum atomic E-state index is 11.8. The fourth-order valence-corrected chi connectivity index (χ4v) is 1.54. The van der Waals surface area contributed by atoms with Crippen molar-refractivity contribution in [2.24, 2.45) is 0 Å². The number of nitrogens with one attached hydrogen (secondary N) is 1. The van der Waals surface area contributed by atoms with Crippen LogP contribution in [-0.4, -0.2) is 31.4 Å². The second-order valence-electron chi connectivity index (χ2n) is 4.22. The Morgan fingerprint density at radius 3 is 1.24 bits per heavy atom. The number of hydrogen-bond donors (Lipinski definition) is 1. The van der Waals surface area contributed by atoms with E-state index in [4.69, 9.17) is 0 Å². The van der Waals surface area contributed by atoms with Crippen molar-refractivity contribution in [1.29, 1.82) is 0 Å². The molecule has 0 aliphatic carbocycles. The standard InChI is InChI=1S/C15H10O3.C2H7N/c16-13(11-7-3-1-4-8-11)15(18)14(17)12-9-5-2-6-10-12;1-3-2/h1-10H;3H,1-2H3. The number of carbonyl (C=O) groups is 3. The van der Waals surface area contributed by atoms with Crippen LogP contribution in [-0.2, 0) is 4.79 Å². The summed E-state index contributed by atoms with van der Waals surface area (Å²) in [5.41, 5.74) is 0.457. The quantitative estimate of drug-likeness (QED) is 0.530. The molecule has 0 spiro atoms. The van der Waals surface area contributed by atoms with Crippen LogP contribution in [0.1, 0.15) is 20.7 Å². The lowest BCUT2D eigenvalue weighted by atomic mass is 10.0. The smallest absolute Gasteiger partial charge is 0.273 e. The minimum atomic E-state index is -1.01. The van der Waals surface area contributed by atoms with Crippen LogP contribution in [0.3, 0.4) is 0 Å². The lowest BCUT2D eigenvalue weighted by Crippen LogP contribution is -2.24. The van der Waals surface area contributed by atoms with Gasteiger partial charge in [0, 0.05) is 11.1 Å². The molecule has 0 heterocycles. The van der Waals surface area contributed by atoms with Crippen molar-refractivity contribution in [3.8, 4) is 0 Å². The molecular weight excluding hydrogens is 266 g/mol. The number of carbonyl (C=O) groups excluding carboxylic acids is 3. The van der Waals surface area contributed by atoms with Crippen LogP contribution in [0.15, 0.2) is 60.7 Å². The van der Waals surface area contributed by atoms with Gasteiger partial charge in [-0.1, -0.05) is 60.7 Å². The average molecular weight is 283 g/mol. The number of ketones is 3. The molecule has 0 fully saturated rings. The van der Waals surface area contributed by atoms with Gasteiger partial charge in [0.1, 0.15) is 0 Å². The molecule has 4 heteroatoms. The Labute approximate surface area is 123 Å². The SMILES string of the molecule is CNC.O=C(C(=O)c1ccccc1)C(=O)c1ccccc1. The van der Waals surface area contributed by atoms with Gasteiger partial charge in [0.2, 0.25) is 11.6 Å². The summed E-state index contributed by atoms with van der Waals surface area (Å²) in [5, 5.41) is 2.75. The minimum absolute atomic E-state index is 0.229. The van der Waals surface area contributed by atoms with Gasteiger partial charge in [0.15, 0.2) is 0 Å². The van der Waals surface area contributed by atoms with E-state index in [1.54, 1.807) is 36.4 Å². The van der Waals surface area contributed by atoms with Gasteiger partial charge in [-0.15, -0.1) is 0 Å². The predicted molar refractivity (Wildman–Crippen MR) is 81.5 cm³/mol. The van der Waals surface area contributed by atoms with Crippen LogP contribution in [0.4, 0.5) is 0 Å². The third-order valence-corrected chi connectivity index (χ3v) is 2.48. The normalized spacial score (nSPS) is 9.24. The van der Waals surface area contributed by atoms with Crippen molar-refractivity contribution < 1.29 is 14.4 Å². The van der Waals surface area contributed by atoms with Gasteiger partial charge in [-0.05, 0) is 14.1 Å². The van der Waals surface area contributed by atoms with Crippen molar-refractivity contribution >= 4 is 17.3 Å². The van der Waals surface area contributed by atoms with Crippen molar-refractivity contribution in [2.75, 3.05) is 14.1 Å². The fraction of sp³-hybridized carbons (Fsp3) is 0.118. The molecule has 4 nitrogen and oxygen atoms in total. The molecule has 0 unspecified atom stereocenters. The summed E-state index contributed by atoms with van der Waals surface area (Å²) in [6, 6.07) is 16.1. The Morgan fingerprint density at radius 1 is 0.667 bits per heavy atom. The van der Waals surface area contributed by atoms with Gasteiger partial charge >= 0.3 is 0 Å². The van der Waals surface area contributed by atoms with Gasteiger partial charge in [-0.2, -0.15) is 0 Å². The predicted octanol–water partition coefficient (Wildman–Crippen LogP) is 2.16. The molecule has 2 aromatic rings. The molecule has 0 bridgehead atoms. The zero-order valence-corrected chi connectivity index (χ0v) is 12.0. The molecule has 0 aromatic heterocycles. The van der Waals surface area contributed by atoms with Crippen molar-refractivity contribution in [1.82, 2.24) is 5.32 Å². The summed E-state index contributed by atoms with van der Waals surface area (Å²) in [7, 11) is 3.75. The lowest BCUT2D eigenvalue weighted by Gasteiger charge is -1.99.